The maximum atomic E-state index is 12.9. The highest BCUT2D eigenvalue weighted by Gasteiger charge is 2.33. The van der Waals surface area contributed by atoms with Crippen LogP contribution in [0.4, 0.5) is 0 Å². The monoisotopic (exact) mass is 439 g/mol. The summed E-state index contributed by atoms with van der Waals surface area (Å²) in [7, 11) is -1.36. The first kappa shape index (κ1) is 20.8. The number of benzene rings is 1. The lowest BCUT2D eigenvalue weighted by atomic mass is 10.2. The van der Waals surface area contributed by atoms with Gasteiger partial charge in [-0.05, 0) is 19.2 Å². The first-order valence-corrected chi connectivity index (χ1v) is 11.6. The third kappa shape index (κ3) is 4.82. The van der Waals surface area contributed by atoms with E-state index in [0.717, 1.165) is 18.7 Å². The van der Waals surface area contributed by atoms with Crippen LogP contribution in [0.25, 0.3) is 11.3 Å². The van der Waals surface area contributed by atoms with Gasteiger partial charge in [0, 0.05) is 62.9 Å². The van der Waals surface area contributed by atoms with Gasteiger partial charge >= 0.3 is 0 Å². The second-order valence-electron chi connectivity index (χ2n) is 7.51. The van der Waals surface area contributed by atoms with Crippen molar-refractivity contribution in [3.05, 3.63) is 41.4 Å². The molecule has 2 fully saturated rings. The van der Waals surface area contributed by atoms with Crippen molar-refractivity contribution in [2.45, 2.75) is 6.54 Å². The third-order valence-electron chi connectivity index (χ3n) is 5.47. The van der Waals surface area contributed by atoms with Gasteiger partial charge in [-0.15, -0.1) is 0 Å². The highest BCUT2D eigenvalue weighted by molar-refractivity contribution is 7.86. The fraction of sp³-hybridized carbons (Fsp3) is 0.526. The molecule has 2 aromatic rings. The lowest BCUT2D eigenvalue weighted by Crippen LogP contribution is -2.56. The molecule has 10 heteroatoms. The number of oxazole rings is 1. The second-order valence-corrected chi connectivity index (χ2v) is 9.88. The van der Waals surface area contributed by atoms with Crippen LogP contribution in [0.3, 0.4) is 0 Å². The van der Waals surface area contributed by atoms with E-state index in [9.17, 15) is 8.42 Å². The molecule has 0 saturated carbocycles. The van der Waals surface area contributed by atoms with Crippen LogP contribution in [0.1, 0.15) is 5.89 Å². The zero-order chi connectivity index (χ0) is 20.4. The number of piperazine rings is 2. The fourth-order valence-corrected chi connectivity index (χ4v) is 5.42. The summed E-state index contributed by atoms with van der Waals surface area (Å²) in [5.74, 6) is 1.30. The van der Waals surface area contributed by atoms with Gasteiger partial charge in [-0.25, -0.2) is 4.98 Å². The molecule has 2 aliphatic heterocycles. The van der Waals surface area contributed by atoms with Gasteiger partial charge in [-0.1, -0.05) is 23.7 Å². The molecule has 0 spiro atoms. The number of nitrogens with zero attached hydrogens (tertiary/aromatic N) is 5. The number of halogens is 1. The van der Waals surface area contributed by atoms with Crippen LogP contribution in [0.2, 0.25) is 5.02 Å². The van der Waals surface area contributed by atoms with Crippen molar-refractivity contribution >= 4 is 21.8 Å². The molecule has 158 valence electrons. The van der Waals surface area contributed by atoms with Crippen LogP contribution >= 0.6 is 11.6 Å². The van der Waals surface area contributed by atoms with Crippen LogP contribution in [-0.2, 0) is 16.8 Å². The lowest BCUT2D eigenvalue weighted by Gasteiger charge is -2.38. The fourth-order valence-electron chi connectivity index (χ4n) is 3.65. The summed E-state index contributed by atoms with van der Waals surface area (Å²) in [5.41, 5.74) is 0.888. The van der Waals surface area contributed by atoms with Crippen molar-refractivity contribution in [2.75, 3.05) is 59.4 Å². The van der Waals surface area contributed by atoms with E-state index in [1.165, 1.54) is 0 Å². The summed E-state index contributed by atoms with van der Waals surface area (Å²) in [6.07, 6.45) is 1.70. The number of rotatable bonds is 5. The van der Waals surface area contributed by atoms with Crippen LogP contribution in [0.15, 0.2) is 34.9 Å². The summed E-state index contributed by atoms with van der Waals surface area (Å²) >= 11 is 6.04. The molecule has 0 amide bonds. The Bertz CT molecular complexity index is 935. The molecule has 29 heavy (non-hydrogen) atoms. The topological polar surface area (TPSA) is 73.1 Å². The van der Waals surface area contributed by atoms with Gasteiger partial charge in [0.1, 0.15) is 0 Å². The largest absolute Gasteiger partial charge is 0.439 e. The van der Waals surface area contributed by atoms with E-state index < -0.39 is 10.2 Å². The minimum atomic E-state index is -3.38. The third-order valence-corrected chi connectivity index (χ3v) is 7.74. The average molecular weight is 440 g/mol. The number of likely N-dealkylation sites (N-methyl/N-ethyl adjacent to an activating group) is 1. The molecule has 0 unspecified atom stereocenters. The Hall–Kier alpha value is -1.49. The molecule has 0 aliphatic carbocycles. The average Bonchev–Trinajstić information content (AvgIpc) is 3.17. The van der Waals surface area contributed by atoms with Crippen molar-refractivity contribution in [3.8, 4) is 11.3 Å². The van der Waals surface area contributed by atoms with Crippen molar-refractivity contribution in [3.63, 3.8) is 0 Å². The Balaban J connectivity index is 1.32. The van der Waals surface area contributed by atoms with Gasteiger partial charge in [-0.2, -0.15) is 17.0 Å². The van der Waals surface area contributed by atoms with Crippen LogP contribution in [0.5, 0.6) is 0 Å². The molecule has 0 radical (unpaired) electrons. The summed E-state index contributed by atoms with van der Waals surface area (Å²) in [6, 6.07) is 7.46. The Kier molecular flexibility index (Phi) is 6.24. The highest BCUT2D eigenvalue weighted by Crippen LogP contribution is 2.24. The molecule has 0 atom stereocenters. The molecule has 1 aromatic heterocycles. The Labute approximate surface area is 176 Å². The summed E-state index contributed by atoms with van der Waals surface area (Å²) < 4.78 is 34.8. The molecular formula is C19H26ClN5O3S. The van der Waals surface area contributed by atoms with Crippen molar-refractivity contribution < 1.29 is 12.8 Å². The van der Waals surface area contributed by atoms with Gasteiger partial charge < -0.3 is 9.32 Å². The molecule has 3 heterocycles. The first-order chi connectivity index (χ1) is 13.9. The molecule has 8 nitrogen and oxygen atoms in total. The van der Waals surface area contributed by atoms with E-state index in [2.05, 4.69) is 14.8 Å². The van der Waals surface area contributed by atoms with Crippen molar-refractivity contribution in [2.24, 2.45) is 0 Å². The van der Waals surface area contributed by atoms with Gasteiger partial charge in [0.25, 0.3) is 10.2 Å². The molecule has 1 aromatic carbocycles. The van der Waals surface area contributed by atoms with Crippen molar-refractivity contribution in [1.82, 2.24) is 23.4 Å². The second kappa shape index (κ2) is 8.71. The van der Waals surface area contributed by atoms with Gasteiger partial charge in [0.05, 0.1) is 12.7 Å². The lowest BCUT2D eigenvalue weighted by molar-refractivity contribution is 0.156. The van der Waals surface area contributed by atoms with E-state index >= 15 is 0 Å². The van der Waals surface area contributed by atoms with E-state index in [0.29, 0.717) is 62.5 Å². The van der Waals surface area contributed by atoms with Crippen molar-refractivity contribution in [1.29, 1.82) is 0 Å². The minimum Gasteiger partial charge on any atom is -0.439 e. The Morgan fingerprint density at radius 1 is 1.03 bits per heavy atom. The van der Waals surface area contributed by atoms with E-state index in [-0.39, 0.29) is 0 Å². The smallest absolute Gasteiger partial charge is 0.282 e. The number of hydrogen-bond donors (Lipinski definition) is 0. The predicted molar refractivity (Wildman–Crippen MR) is 112 cm³/mol. The Morgan fingerprint density at radius 3 is 2.34 bits per heavy atom. The molecule has 2 aliphatic rings. The minimum absolute atomic E-state index is 0.483. The molecule has 0 N–H and O–H groups in total. The normalized spacial score (nSPS) is 20.9. The van der Waals surface area contributed by atoms with Gasteiger partial charge in [0.15, 0.2) is 5.76 Å². The number of hydrogen-bond acceptors (Lipinski definition) is 6. The quantitative estimate of drug-likeness (QED) is 0.704. The zero-order valence-electron chi connectivity index (χ0n) is 16.5. The maximum absolute atomic E-state index is 12.9. The summed E-state index contributed by atoms with van der Waals surface area (Å²) in [4.78, 5) is 8.69. The maximum Gasteiger partial charge on any atom is 0.282 e. The standard InChI is InChI=1S/C19H26ClN5O3S/c1-22-5-9-24(10-6-22)29(26,27)25-11-7-23(8-12-25)15-19-21-14-18(28-19)16-3-2-4-17(20)13-16/h2-4,13-14H,5-12,15H2,1H3. The van der Waals surface area contributed by atoms with Crippen LogP contribution < -0.4 is 0 Å². The SMILES string of the molecule is CN1CCN(S(=O)(=O)N2CCN(Cc3ncc(-c4cccc(Cl)c4)o3)CC2)CC1. The first-order valence-electron chi connectivity index (χ1n) is 9.78. The highest BCUT2D eigenvalue weighted by atomic mass is 35.5. The summed E-state index contributed by atoms with van der Waals surface area (Å²) in [5, 5.41) is 0.651. The zero-order valence-corrected chi connectivity index (χ0v) is 18.1. The molecule has 2 saturated heterocycles. The molecule has 4 rings (SSSR count). The van der Waals surface area contributed by atoms with Crippen LogP contribution in [-0.4, -0.2) is 91.2 Å². The predicted octanol–water partition coefficient (Wildman–Crippen LogP) is 1.60. The van der Waals surface area contributed by atoms with Crippen LogP contribution in [0, 0.1) is 0 Å². The van der Waals surface area contributed by atoms with E-state index in [1.807, 2.05) is 31.3 Å². The van der Waals surface area contributed by atoms with Gasteiger partial charge in [-0.3, -0.25) is 4.90 Å². The van der Waals surface area contributed by atoms with E-state index in [4.69, 9.17) is 16.0 Å². The summed E-state index contributed by atoms with van der Waals surface area (Å²) in [6.45, 7) is 5.50. The molecular weight excluding hydrogens is 414 g/mol. The number of aromatic nitrogens is 1. The van der Waals surface area contributed by atoms with E-state index in [1.54, 1.807) is 14.8 Å². The molecule has 0 bridgehead atoms. The van der Waals surface area contributed by atoms with Gasteiger partial charge in [0.2, 0.25) is 5.89 Å². The Morgan fingerprint density at radius 2 is 1.69 bits per heavy atom.